The van der Waals surface area contributed by atoms with Crippen LogP contribution >= 0.6 is 0 Å². The molecule has 2 fully saturated rings. The van der Waals surface area contributed by atoms with Crippen molar-refractivity contribution in [2.75, 3.05) is 6.61 Å². The van der Waals surface area contributed by atoms with Crippen molar-refractivity contribution in [3.05, 3.63) is 226 Å². The monoisotopic (exact) mass is 907 g/mol. The number of hydrogen-bond acceptors (Lipinski definition) is 11. The molecule has 1 aliphatic carbocycles. The van der Waals surface area contributed by atoms with Crippen LogP contribution in [0.1, 0.15) is 33.4 Å². The molecule has 0 radical (unpaired) electrons. The van der Waals surface area contributed by atoms with Crippen LogP contribution in [0.3, 0.4) is 0 Å². The minimum atomic E-state index is -1.60. The van der Waals surface area contributed by atoms with Crippen LogP contribution in [0.25, 0.3) is 10.4 Å². The molecule has 5 unspecified atom stereocenters. The van der Waals surface area contributed by atoms with Crippen LogP contribution in [0.5, 0.6) is 0 Å². The molecule has 0 spiro atoms. The maximum atomic E-state index is 12.3. The normalized spacial score (nSPS) is 26.1. The molecule has 13 heteroatoms. The number of nitrogens with zero attached hydrogens (tertiary/aromatic N) is 3. The zero-order valence-corrected chi connectivity index (χ0v) is 37.1. The predicted octanol–water partition coefficient (Wildman–Crippen LogP) is 8.65. The Morgan fingerprint density at radius 1 is 0.418 bits per heavy atom. The lowest BCUT2D eigenvalue weighted by molar-refractivity contribution is -0.335. The third-order valence-electron chi connectivity index (χ3n) is 11.9. The molecule has 0 aromatic heterocycles. The third kappa shape index (κ3) is 13.2. The lowest BCUT2D eigenvalue weighted by Crippen LogP contribution is -2.68. The summed E-state index contributed by atoms with van der Waals surface area (Å²) in [6, 6.07) is 56.7. The van der Waals surface area contributed by atoms with Crippen LogP contribution in [-0.4, -0.2) is 84.1 Å². The molecule has 0 amide bonds. The van der Waals surface area contributed by atoms with Crippen molar-refractivity contribution in [3.8, 4) is 0 Å². The predicted molar refractivity (Wildman–Crippen MR) is 250 cm³/mol. The summed E-state index contributed by atoms with van der Waals surface area (Å²) in [6.07, 6.45) is -11.6. The van der Waals surface area contributed by atoms with Crippen LogP contribution in [0.2, 0.25) is 0 Å². The quantitative estimate of drug-likeness (QED) is 0.0383. The molecule has 6 aromatic rings. The van der Waals surface area contributed by atoms with E-state index in [-0.39, 0.29) is 46.2 Å². The minimum Gasteiger partial charge on any atom is -0.387 e. The van der Waals surface area contributed by atoms with E-state index in [4.69, 9.17) is 37.9 Å². The second-order valence-corrected chi connectivity index (χ2v) is 16.6. The summed E-state index contributed by atoms with van der Waals surface area (Å²) in [7, 11) is 0. The molecule has 8 rings (SSSR count). The fourth-order valence-corrected chi connectivity index (χ4v) is 8.45. The molecule has 6 aromatic carbocycles. The highest BCUT2D eigenvalue weighted by Gasteiger charge is 2.56. The van der Waals surface area contributed by atoms with E-state index < -0.39 is 67.3 Å². The summed E-state index contributed by atoms with van der Waals surface area (Å²) in [6.45, 7) is 1.00. The molecule has 1 saturated carbocycles. The number of ether oxygens (including phenoxy) is 8. The highest BCUT2D eigenvalue weighted by molar-refractivity contribution is 5.19. The van der Waals surface area contributed by atoms with Gasteiger partial charge >= 0.3 is 0 Å². The van der Waals surface area contributed by atoms with Crippen LogP contribution in [0.4, 0.5) is 0 Å². The smallest absolute Gasteiger partial charge is 0.169 e. The third-order valence-corrected chi connectivity index (χ3v) is 11.9. The highest BCUT2D eigenvalue weighted by Crippen LogP contribution is 2.37. The van der Waals surface area contributed by atoms with E-state index in [1.165, 1.54) is 0 Å². The van der Waals surface area contributed by atoms with Gasteiger partial charge in [-0.3, -0.25) is 0 Å². The Bertz CT molecular complexity index is 2370. The Kier molecular flexibility index (Phi) is 17.7. The summed E-state index contributed by atoms with van der Waals surface area (Å²) < 4.78 is 53.5. The zero-order chi connectivity index (χ0) is 46.0. The van der Waals surface area contributed by atoms with Crippen molar-refractivity contribution in [1.29, 1.82) is 0 Å². The molecule has 67 heavy (non-hydrogen) atoms. The van der Waals surface area contributed by atoms with Crippen molar-refractivity contribution in [2.24, 2.45) is 5.11 Å². The van der Waals surface area contributed by atoms with Gasteiger partial charge in [0.15, 0.2) is 6.29 Å². The van der Waals surface area contributed by atoms with Gasteiger partial charge in [-0.15, -0.1) is 0 Å². The van der Waals surface area contributed by atoms with Gasteiger partial charge in [0.05, 0.1) is 46.2 Å². The van der Waals surface area contributed by atoms with Gasteiger partial charge in [0, 0.05) is 4.91 Å². The topological polar surface area (TPSA) is 163 Å². The van der Waals surface area contributed by atoms with Gasteiger partial charge < -0.3 is 48.1 Å². The fraction of sp³-hybridized carbons (Fsp3) is 0.333. The Labute approximate surface area is 391 Å². The summed E-state index contributed by atoms with van der Waals surface area (Å²) in [5.74, 6) is 0. The number of azide groups is 1. The first kappa shape index (κ1) is 47.7. The molecule has 11 atom stereocenters. The molecule has 1 saturated heterocycles. The summed E-state index contributed by atoms with van der Waals surface area (Å²) in [5.41, 5.74) is 15.6. The minimum absolute atomic E-state index is 0.0321. The lowest BCUT2D eigenvalue weighted by Gasteiger charge is -2.50. The average Bonchev–Trinajstić information content (AvgIpc) is 3.38. The Balaban J connectivity index is 1.15. The van der Waals surface area contributed by atoms with Gasteiger partial charge in [0.2, 0.25) is 0 Å². The van der Waals surface area contributed by atoms with Crippen molar-refractivity contribution in [1.82, 2.24) is 0 Å². The van der Waals surface area contributed by atoms with E-state index in [0.29, 0.717) is 0 Å². The van der Waals surface area contributed by atoms with Gasteiger partial charge in [-0.2, -0.15) is 0 Å². The van der Waals surface area contributed by atoms with Crippen molar-refractivity contribution in [2.45, 2.75) is 107 Å². The van der Waals surface area contributed by atoms with Gasteiger partial charge in [-0.1, -0.05) is 187 Å². The van der Waals surface area contributed by atoms with E-state index >= 15 is 0 Å². The molecular formula is C54H57N3O10. The standard InChI is InChI=1S/C54H57N3O10/c55-57-56-45-49(62-33-40-23-11-3-12-24-40)48(61-32-39-21-9-2-10-22-39)44(37-60-31-38-19-7-1-8-20-38)66-54(45)67-51-47(59)46(58)50(63-34-41-25-13-4-14-26-41)52(64-35-42-27-15-5-16-28-42)53(51)65-36-43-29-17-6-18-30-43/h1-30,44-54,58-59H,31-37H2/t44?,45?,46-,47?,48+,49-,50?,51+,52?,53+,54+/m0/s1. The first-order chi connectivity index (χ1) is 33.0. The van der Waals surface area contributed by atoms with Crippen LogP contribution < -0.4 is 0 Å². The second kappa shape index (κ2) is 24.8. The van der Waals surface area contributed by atoms with Crippen molar-refractivity contribution in [3.63, 3.8) is 0 Å². The number of rotatable bonds is 22. The molecule has 2 aliphatic rings. The second-order valence-electron chi connectivity index (χ2n) is 16.6. The Hall–Kier alpha value is -5.77. The Morgan fingerprint density at radius 2 is 0.746 bits per heavy atom. The van der Waals surface area contributed by atoms with Gasteiger partial charge in [-0.05, 0) is 38.9 Å². The van der Waals surface area contributed by atoms with Gasteiger partial charge in [-0.25, -0.2) is 0 Å². The first-order valence-electron chi connectivity index (χ1n) is 22.6. The van der Waals surface area contributed by atoms with Gasteiger partial charge in [0.1, 0.15) is 61.0 Å². The summed E-state index contributed by atoms with van der Waals surface area (Å²) in [5, 5.41) is 28.7. The number of aliphatic hydroxyl groups excluding tert-OH is 2. The average molecular weight is 908 g/mol. The fourth-order valence-electron chi connectivity index (χ4n) is 8.45. The SMILES string of the molecule is [N-]=[N+]=NC1[C@@H](O[C@@H]2C(O)[C@H](O)C(OCc3ccccc3)C(OCc3ccccc3)[C@@H]2OCc2ccccc2)OC(COCc2ccccc2)[C@@H](OCc2ccccc2)[C@H]1OCc1ccccc1. The largest absolute Gasteiger partial charge is 0.387 e. The van der Waals surface area contributed by atoms with E-state index in [1.807, 2.05) is 182 Å². The summed E-state index contributed by atoms with van der Waals surface area (Å²) in [4.78, 5) is 3.27. The van der Waals surface area contributed by atoms with E-state index in [1.54, 1.807) is 0 Å². The van der Waals surface area contributed by atoms with Crippen LogP contribution in [0, 0.1) is 0 Å². The highest BCUT2D eigenvalue weighted by atomic mass is 16.7. The molecule has 13 nitrogen and oxygen atoms in total. The molecule has 0 bridgehead atoms. The van der Waals surface area contributed by atoms with Gasteiger partial charge in [0.25, 0.3) is 0 Å². The first-order valence-corrected chi connectivity index (χ1v) is 22.6. The van der Waals surface area contributed by atoms with Crippen LogP contribution in [-0.2, 0) is 77.5 Å². The molecule has 348 valence electrons. The van der Waals surface area contributed by atoms with E-state index in [9.17, 15) is 15.7 Å². The number of aliphatic hydroxyl groups is 2. The maximum Gasteiger partial charge on any atom is 0.169 e. The van der Waals surface area contributed by atoms with E-state index in [0.717, 1.165) is 33.4 Å². The molecular weight excluding hydrogens is 851 g/mol. The maximum absolute atomic E-state index is 12.3. The number of benzene rings is 6. The zero-order valence-electron chi connectivity index (χ0n) is 37.1. The van der Waals surface area contributed by atoms with Crippen molar-refractivity contribution >= 4 is 0 Å². The molecule has 1 heterocycles. The van der Waals surface area contributed by atoms with E-state index in [2.05, 4.69) is 10.0 Å². The molecule has 2 N–H and O–H groups in total. The van der Waals surface area contributed by atoms with Crippen LogP contribution in [0.15, 0.2) is 187 Å². The van der Waals surface area contributed by atoms with Crippen molar-refractivity contribution < 1.29 is 48.1 Å². The Morgan fingerprint density at radius 3 is 1.15 bits per heavy atom. The molecule has 1 aliphatic heterocycles. The lowest BCUT2D eigenvalue weighted by atomic mass is 9.83. The summed E-state index contributed by atoms with van der Waals surface area (Å²) >= 11 is 0. The number of hydrogen-bond donors (Lipinski definition) is 2.